The van der Waals surface area contributed by atoms with Crippen molar-refractivity contribution in [2.45, 2.75) is 50.5 Å². The molecular weight excluding hydrogens is 404 g/mol. The molecule has 0 aliphatic carbocycles. The lowest BCUT2D eigenvalue weighted by molar-refractivity contribution is 0.00122. The fourth-order valence-corrected chi connectivity index (χ4v) is 4.82. The quantitative estimate of drug-likeness (QED) is 0.664. The minimum atomic E-state index is -2.69. The van der Waals surface area contributed by atoms with Crippen LogP contribution in [0, 0.1) is 0 Å². The first kappa shape index (κ1) is 20.0. The predicted molar refractivity (Wildman–Crippen MR) is 114 cm³/mol. The molecule has 1 N–H and O–H groups in total. The van der Waals surface area contributed by atoms with Crippen molar-refractivity contribution in [2.24, 2.45) is 0 Å². The molecule has 164 valence electrons. The number of nitrogens with one attached hydrogen (secondary N) is 1. The monoisotopic (exact) mass is 429 g/mol. The van der Waals surface area contributed by atoms with Crippen LogP contribution in [0.2, 0.25) is 0 Å². The molecule has 3 aromatic rings. The smallest absolute Gasteiger partial charge is 0.281 e. The summed E-state index contributed by atoms with van der Waals surface area (Å²) in [6.07, 6.45) is 3.45. The van der Waals surface area contributed by atoms with E-state index in [-0.39, 0.29) is 18.7 Å². The zero-order chi connectivity index (χ0) is 21.6. The van der Waals surface area contributed by atoms with Gasteiger partial charge in [0.2, 0.25) is 0 Å². The molecule has 2 aromatic heterocycles. The summed E-state index contributed by atoms with van der Waals surface area (Å²) in [6.45, 7) is 2.47. The van der Waals surface area contributed by atoms with E-state index in [9.17, 15) is 0 Å². The Bertz CT molecular complexity index is 1090. The molecular formula is C22H25F2N5O2. The third-order valence-electron chi connectivity index (χ3n) is 6.20. The summed E-state index contributed by atoms with van der Waals surface area (Å²) in [5, 5.41) is 8.25. The molecule has 0 bridgehead atoms. The lowest BCUT2D eigenvalue weighted by Gasteiger charge is -2.46. The second kappa shape index (κ2) is 7.64. The molecule has 4 heterocycles. The van der Waals surface area contributed by atoms with Crippen LogP contribution in [0.1, 0.15) is 19.8 Å². The summed E-state index contributed by atoms with van der Waals surface area (Å²) in [7, 11) is 1.53. The zero-order valence-electron chi connectivity index (χ0n) is 17.5. The molecule has 2 aliphatic heterocycles. The van der Waals surface area contributed by atoms with Crippen LogP contribution in [0.3, 0.4) is 0 Å². The van der Waals surface area contributed by atoms with E-state index >= 15 is 8.78 Å². The van der Waals surface area contributed by atoms with Crippen molar-refractivity contribution >= 4 is 22.3 Å². The number of benzene rings is 1. The molecule has 5 rings (SSSR count). The fraction of sp³-hybridized carbons (Fsp3) is 0.455. The van der Waals surface area contributed by atoms with Gasteiger partial charge in [-0.2, -0.15) is 5.10 Å². The highest BCUT2D eigenvalue weighted by Gasteiger charge is 2.55. The van der Waals surface area contributed by atoms with Gasteiger partial charge in [-0.3, -0.25) is 9.67 Å². The number of halogens is 2. The summed E-state index contributed by atoms with van der Waals surface area (Å²) in [4.78, 5) is 6.37. The maximum atomic E-state index is 15.0. The Morgan fingerprint density at radius 1 is 1.32 bits per heavy atom. The summed E-state index contributed by atoms with van der Waals surface area (Å²) in [5.74, 6) is 0.526. The SMILES string of the molecule is COc1cnn(CC2(C(F)F)Nc3cnc4ccccc4c3N2[C@@H]2CCO[C@H](C)C2)c1. The van der Waals surface area contributed by atoms with Crippen LogP contribution in [0.5, 0.6) is 5.75 Å². The van der Waals surface area contributed by atoms with Crippen molar-refractivity contribution < 1.29 is 18.3 Å². The number of methoxy groups -OCH3 is 1. The molecule has 31 heavy (non-hydrogen) atoms. The number of nitrogens with zero attached hydrogens (tertiary/aromatic N) is 4. The van der Waals surface area contributed by atoms with Crippen molar-refractivity contribution in [3.05, 3.63) is 42.9 Å². The van der Waals surface area contributed by atoms with Crippen molar-refractivity contribution in [3.63, 3.8) is 0 Å². The van der Waals surface area contributed by atoms with Gasteiger partial charge in [0.1, 0.15) is 0 Å². The van der Waals surface area contributed by atoms with Gasteiger partial charge in [-0.15, -0.1) is 0 Å². The number of alkyl halides is 2. The van der Waals surface area contributed by atoms with Gasteiger partial charge in [-0.25, -0.2) is 8.78 Å². The van der Waals surface area contributed by atoms with E-state index in [1.54, 1.807) is 12.4 Å². The summed E-state index contributed by atoms with van der Waals surface area (Å²) in [5.41, 5.74) is 0.479. The van der Waals surface area contributed by atoms with Gasteiger partial charge in [0.05, 0.1) is 55.2 Å². The van der Waals surface area contributed by atoms with E-state index in [1.807, 2.05) is 36.1 Å². The van der Waals surface area contributed by atoms with E-state index in [0.717, 1.165) is 16.6 Å². The number of para-hydroxylation sites is 1. The highest BCUT2D eigenvalue weighted by atomic mass is 19.3. The Labute approximate surface area is 179 Å². The maximum absolute atomic E-state index is 15.0. The van der Waals surface area contributed by atoms with E-state index in [2.05, 4.69) is 15.4 Å². The normalized spacial score (nSPS) is 25.6. The van der Waals surface area contributed by atoms with Gasteiger partial charge in [0.25, 0.3) is 6.43 Å². The molecule has 7 nitrogen and oxygen atoms in total. The average Bonchev–Trinajstić information content (AvgIpc) is 3.36. The van der Waals surface area contributed by atoms with Crippen molar-refractivity contribution in [1.29, 1.82) is 0 Å². The van der Waals surface area contributed by atoms with Crippen LogP contribution < -0.4 is 15.0 Å². The Morgan fingerprint density at radius 3 is 2.90 bits per heavy atom. The Morgan fingerprint density at radius 2 is 2.16 bits per heavy atom. The first-order valence-electron chi connectivity index (χ1n) is 10.4. The molecule has 1 fully saturated rings. The first-order chi connectivity index (χ1) is 15.0. The van der Waals surface area contributed by atoms with Crippen LogP contribution in [0.25, 0.3) is 10.9 Å². The molecule has 0 saturated carbocycles. The van der Waals surface area contributed by atoms with Gasteiger partial charge in [0, 0.05) is 18.0 Å². The van der Waals surface area contributed by atoms with E-state index in [1.165, 1.54) is 18.0 Å². The van der Waals surface area contributed by atoms with Gasteiger partial charge in [-0.05, 0) is 25.8 Å². The molecule has 1 unspecified atom stereocenters. The topological polar surface area (TPSA) is 64.4 Å². The van der Waals surface area contributed by atoms with Gasteiger partial charge >= 0.3 is 0 Å². The van der Waals surface area contributed by atoms with Crippen molar-refractivity contribution in [3.8, 4) is 5.75 Å². The van der Waals surface area contributed by atoms with Gasteiger partial charge in [-0.1, -0.05) is 18.2 Å². The average molecular weight is 429 g/mol. The predicted octanol–water partition coefficient (Wildman–Crippen LogP) is 3.90. The lowest BCUT2D eigenvalue weighted by Crippen LogP contribution is -2.63. The number of pyridine rings is 1. The van der Waals surface area contributed by atoms with E-state index in [4.69, 9.17) is 9.47 Å². The number of ether oxygens (including phenoxy) is 2. The van der Waals surface area contributed by atoms with Crippen LogP contribution >= 0.6 is 0 Å². The number of hydrogen-bond donors (Lipinski definition) is 1. The Kier molecular flexibility index (Phi) is 4.92. The number of anilines is 2. The molecule has 0 amide bonds. The van der Waals surface area contributed by atoms with Gasteiger partial charge < -0.3 is 19.7 Å². The van der Waals surface area contributed by atoms with Crippen LogP contribution in [-0.2, 0) is 11.3 Å². The highest BCUT2D eigenvalue weighted by Crippen LogP contribution is 2.49. The summed E-state index contributed by atoms with van der Waals surface area (Å²) >= 11 is 0. The standard InChI is InChI=1S/C22H25F2N5O2/c1-14-9-15(7-8-31-14)29-20-17-5-3-4-6-18(17)25-11-19(20)27-22(29,21(23)24)13-28-12-16(30-2)10-26-28/h3-6,10-12,14-15,21,27H,7-9,13H2,1-2H3/t14-,15-,22?/m1/s1. The second-order valence-corrected chi connectivity index (χ2v) is 8.19. The minimum Gasteiger partial charge on any atom is -0.493 e. The van der Waals surface area contributed by atoms with Crippen LogP contribution in [-0.4, -0.2) is 52.7 Å². The molecule has 9 heteroatoms. The molecule has 0 radical (unpaired) electrons. The molecule has 1 aromatic carbocycles. The number of fused-ring (bicyclic) bond motifs is 3. The molecule has 2 aliphatic rings. The first-order valence-corrected chi connectivity index (χ1v) is 10.4. The summed E-state index contributed by atoms with van der Waals surface area (Å²) in [6, 6.07) is 7.55. The van der Waals surface area contributed by atoms with Crippen LogP contribution in [0.4, 0.5) is 20.2 Å². The Balaban J connectivity index is 1.67. The van der Waals surface area contributed by atoms with E-state index in [0.29, 0.717) is 30.9 Å². The number of hydrogen-bond acceptors (Lipinski definition) is 6. The fourth-order valence-electron chi connectivity index (χ4n) is 4.82. The zero-order valence-corrected chi connectivity index (χ0v) is 17.5. The highest BCUT2D eigenvalue weighted by molar-refractivity contribution is 6.01. The second-order valence-electron chi connectivity index (χ2n) is 8.19. The van der Waals surface area contributed by atoms with Gasteiger partial charge in [0.15, 0.2) is 11.4 Å². The maximum Gasteiger partial charge on any atom is 0.281 e. The summed E-state index contributed by atoms with van der Waals surface area (Å²) < 4.78 is 42.5. The third-order valence-corrected chi connectivity index (χ3v) is 6.20. The minimum absolute atomic E-state index is 0.00364. The third kappa shape index (κ3) is 3.27. The van der Waals surface area contributed by atoms with E-state index < -0.39 is 12.1 Å². The largest absolute Gasteiger partial charge is 0.493 e. The number of rotatable bonds is 5. The Hall–Kier alpha value is -2.94. The molecule has 3 atom stereocenters. The molecule has 0 spiro atoms. The number of aromatic nitrogens is 3. The lowest BCUT2D eigenvalue weighted by atomic mass is 9.97. The van der Waals surface area contributed by atoms with Crippen LogP contribution in [0.15, 0.2) is 42.9 Å². The molecule has 1 saturated heterocycles. The van der Waals surface area contributed by atoms with Crippen molar-refractivity contribution in [2.75, 3.05) is 23.9 Å². The van der Waals surface area contributed by atoms with Crippen molar-refractivity contribution in [1.82, 2.24) is 14.8 Å².